The van der Waals surface area contributed by atoms with Gasteiger partial charge in [-0.1, -0.05) is 24.1 Å². The molecule has 0 radical (unpaired) electrons. The van der Waals surface area contributed by atoms with Gasteiger partial charge in [-0.2, -0.15) is 0 Å². The Labute approximate surface area is 72.7 Å². The largest absolute Gasteiger partial charge is 0.489 e. The van der Waals surface area contributed by atoms with Gasteiger partial charge in [-0.05, 0) is 24.6 Å². The van der Waals surface area contributed by atoms with Crippen LogP contribution in [0.25, 0.3) is 0 Å². The zero-order valence-electron chi connectivity index (χ0n) is 7.00. The van der Waals surface area contributed by atoms with Crippen LogP contribution in [0.3, 0.4) is 0 Å². The zero-order valence-corrected chi connectivity index (χ0v) is 7.00. The molecule has 1 nitrogen and oxygen atoms in total. The van der Waals surface area contributed by atoms with Crippen molar-refractivity contribution in [2.24, 2.45) is 0 Å². The summed E-state index contributed by atoms with van der Waals surface area (Å²) in [5, 5.41) is 0. The SMILES string of the molecule is C=C(C#Cc1ccccc1)OC. The van der Waals surface area contributed by atoms with Gasteiger partial charge >= 0.3 is 0 Å². The highest BCUT2D eigenvalue weighted by Crippen LogP contribution is 1.96. The van der Waals surface area contributed by atoms with Crippen LogP contribution in [0.2, 0.25) is 0 Å². The maximum Gasteiger partial charge on any atom is 0.162 e. The highest BCUT2D eigenvalue weighted by Gasteiger charge is 1.82. The first kappa shape index (κ1) is 8.42. The molecule has 1 aromatic carbocycles. The van der Waals surface area contributed by atoms with Crippen LogP contribution < -0.4 is 0 Å². The van der Waals surface area contributed by atoms with Crippen LogP contribution in [0, 0.1) is 11.8 Å². The molecule has 0 heterocycles. The van der Waals surface area contributed by atoms with Crippen LogP contribution >= 0.6 is 0 Å². The Hall–Kier alpha value is -1.68. The van der Waals surface area contributed by atoms with E-state index in [-0.39, 0.29) is 0 Å². The third kappa shape index (κ3) is 2.51. The predicted molar refractivity (Wildman–Crippen MR) is 49.5 cm³/mol. The van der Waals surface area contributed by atoms with Crippen molar-refractivity contribution in [2.75, 3.05) is 7.11 Å². The van der Waals surface area contributed by atoms with E-state index in [1.165, 1.54) is 0 Å². The molecule has 0 aliphatic rings. The summed E-state index contributed by atoms with van der Waals surface area (Å²) in [6.07, 6.45) is 0. The quantitative estimate of drug-likeness (QED) is 0.449. The molecule has 1 rings (SSSR count). The molecule has 1 aromatic rings. The Balaban J connectivity index is 2.74. The van der Waals surface area contributed by atoms with E-state index in [0.717, 1.165) is 5.56 Å². The first-order chi connectivity index (χ1) is 5.83. The number of allylic oxidation sites excluding steroid dienone is 1. The standard InChI is InChI=1S/C11H10O/c1-10(12-2)8-9-11-6-4-3-5-7-11/h3-7H,1H2,2H3. The molecular weight excluding hydrogens is 148 g/mol. The van der Waals surface area contributed by atoms with E-state index < -0.39 is 0 Å². The molecule has 0 aliphatic heterocycles. The van der Waals surface area contributed by atoms with Crippen molar-refractivity contribution in [3.63, 3.8) is 0 Å². The lowest BCUT2D eigenvalue weighted by Gasteiger charge is -1.91. The molecule has 0 bridgehead atoms. The van der Waals surface area contributed by atoms with Crippen LogP contribution in [0.15, 0.2) is 42.7 Å². The molecule has 0 fully saturated rings. The van der Waals surface area contributed by atoms with Gasteiger partial charge in [-0.3, -0.25) is 0 Å². The Morgan fingerprint density at radius 2 is 2.00 bits per heavy atom. The third-order valence-electron chi connectivity index (χ3n) is 1.37. The molecule has 0 N–H and O–H groups in total. The molecule has 0 spiro atoms. The molecule has 12 heavy (non-hydrogen) atoms. The summed E-state index contributed by atoms with van der Waals surface area (Å²) in [7, 11) is 1.56. The number of methoxy groups -OCH3 is 1. The molecule has 0 aliphatic carbocycles. The first-order valence-electron chi connectivity index (χ1n) is 3.63. The Morgan fingerprint density at radius 1 is 1.33 bits per heavy atom. The minimum absolute atomic E-state index is 0.485. The fourth-order valence-corrected chi connectivity index (χ4v) is 0.714. The van der Waals surface area contributed by atoms with Crippen LogP contribution in [0.4, 0.5) is 0 Å². The van der Waals surface area contributed by atoms with Gasteiger partial charge in [0.15, 0.2) is 5.76 Å². The van der Waals surface area contributed by atoms with E-state index in [1.807, 2.05) is 30.3 Å². The van der Waals surface area contributed by atoms with E-state index in [1.54, 1.807) is 7.11 Å². The fraction of sp³-hybridized carbons (Fsp3) is 0.0909. The molecule has 0 saturated heterocycles. The van der Waals surface area contributed by atoms with Gasteiger partial charge in [-0.15, -0.1) is 0 Å². The molecule has 0 aromatic heterocycles. The van der Waals surface area contributed by atoms with Gasteiger partial charge in [0.1, 0.15) is 0 Å². The van der Waals surface area contributed by atoms with Crippen molar-refractivity contribution in [1.82, 2.24) is 0 Å². The summed E-state index contributed by atoms with van der Waals surface area (Å²) in [5.74, 6) is 6.19. The number of ether oxygens (including phenoxy) is 1. The van der Waals surface area contributed by atoms with Gasteiger partial charge < -0.3 is 4.74 Å². The Bertz CT molecular complexity index is 314. The number of hydrogen-bond donors (Lipinski definition) is 0. The predicted octanol–water partition coefficient (Wildman–Crippen LogP) is 2.20. The lowest BCUT2D eigenvalue weighted by atomic mass is 10.2. The van der Waals surface area contributed by atoms with Gasteiger partial charge in [0.2, 0.25) is 0 Å². The second-order valence-electron chi connectivity index (χ2n) is 2.24. The van der Waals surface area contributed by atoms with Gasteiger partial charge in [0.05, 0.1) is 7.11 Å². The van der Waals surface area contributed by atoms with E-state index >= 15 is 0 Å². The topological polar surface area (TPSA) is 9.23 Å². The van der Waals surface area contributed by atoms with Gasteiger partial charge in [0, 0.05) is 5.56 Å². The lowest BCUT2D eigenvalue weighted by molar-refractivity contribution is 0.313. The number of rotatable bonds is 1. The summed E-state index contributed by atoms with van der Waals surface area (Å²) in [4.78, 5) is 0. The van der Waals surface area contributed by atoms with Crippen LogP contribution in [0.1, 0.15) is 5.56 Å². The van der Waals surface area contributed by atoms with Crippen molar-refractivity contribution in [3.8, 4) is 11.8 Å². The normalized spacial score (nSPS) is 8.08. The van der Waals surface area contributed by atoms with E-state index in [4.69, 9.17) is 4.74 Å². The minimum atomic E-state index is 0.485. The van der Waals surface area contributed by atoms with Gasteiger partial charge in [0.25, 0.3) is 0 Å². The lowest BCUT2D eigenvalue weighted by Crippen LogP contribution is -1.78. The molecule has 1 heteroatoms. The second kappa shape index (κ2) is 4.25. The highest BCUT2D eigenvalue weighted by molar-refractivity contribution is 5.37. The van der Waals surface area contributed by atoms with Crippen molar-refractivity contribution < 1.29 is 4.74 Å². The molecule has 0 atom stereocenters. The maximum absolute atomic E-state index is 4.80. The van der Waals surface area contributed by atoms with Crippen LogP contribution in [-0.2, 0) is 4.74 Å². The molecular formula is C11H10O. The summed E-state index contributed by atoms with van der Waals surface area (Å²) < 4.78 is 4.80. The highest BCUT2D eigenvalue weighted by atomic mass is 16.5. The van der Waals surface area contributed by atoms with Crippen molar-refractivity contribution in [2.45, 2.75) is 0 Å². The summed E-state index contributed by atoms with van der Waals surface area (Å²) in [6.45, 7) is 3.59. The average molecular weight is 158 g/mol. The fourth-order valence-electron chi connectivity index (χ4n) is 0.714. The summed E-state index contributed by atoms with van der Waals surface area (Å²) >= 11 is 0. The van der Waals surface area contributed by atoms with Crippen molar-refractivity contribution in [1.29, 1.82) is 0 Å². The first-order valence-corrected chi connectivity index (χ1v) is 3.63. The smallest absolute Gasteiger partial charge is 0.162 e. The summed E-state index contributed by atoms with van der Waals surface area (Å²) in [6, 6.07) is 9.72. The number of hydrogen-bond acceptors (Lipinski definition) is 1. The van der Waals surface area contributed by atoms with E-state index in [2.05, 4.69) is 18.4 Å². The van der Waals surface area contributed by atoms with Crippen LogP contribution in [0.5, 0.6) is 0 Å². The zero-order chi connectivity index (χ0) is 8.81. The average Bonchev–Trinajstić information content (AvgIpc) is 2.16. The molecule has 0 saturated carbocycles. The molecule has 60 valence electrons. The second-order valence-corrected chi connectivity index (χ2v) is 2.24. The van der Waals surface area contributed by atoms with Crippen molar-refractivity contribution >= 4 is 0 Å². The van der Waals surface area contributed by atoms with Gasteiger partial charge in [-0.25, -0.2) is 0 Å². The Kier molecular flexibility index (Phi) is 2.98. The Morgan fingerprint density at radius 3 is 2.58 bits per heavy atom. The molecule has 0 unspecified atom stereocenters. The van der Waals surface area contributed by atoms with Crippen molar-refractivity contribution in [3.05, 3.63) is 48.2 Å². The van der Waals surface area contributed by atoms with Crippen LogP contribution in [-0.4, -0.2) is 7.11 Å². The summed E-state index contributed by atoms with van der Waals surface area (Å²) in [5.41, 5.74) is 0.968. The monoisotopic (exact) mass is 158 g/mol. The minimum Gasteiger partial charge on any atom is -0.489 e. The maximum atomic E-state index is 4.80. The van der Waals surface area contributed by atoms with E-state index in [0.29, 0.717) is 5.76 Å². The number of benzene rings is 1. The third-order valence-corrected chi connectivity index (χ3v) is 1.37. The molecule has 0 amide bonds. The van der Waals surface area contributed by atoms with E-state index in [9.17, 15) is 0 Å².